The van der Waals surface area contributed by atoms with Crippen LogP contribution in [0.15, 0.2) is 0 Å². The topological polar surface area (TPSA) is 35.6 Å². The Morgan fingerprint density at radius 2 is 2.11 bits per heavy atom. The van der Waals surface area contributed by atoms with Crippen LogP contribution in [0.25, 0.3) is 0 Å². The number of likely N-dealkylation sites (tertiary alicyclic amines) is 1. The van der Waals surface area contributed by atoms with Gasteiger partial charge in [-0.25, -0.2) is 0 Å². The zero-order valence-electron chi connectivity index (χ0n) is 12.7. The summed E-state index contributed by atoms with van der Waals surface area (Å²) in [6, 6.07) is 0.439. The second kappa shape index (κ2) is 6.23. The molecule has 110 valence electrons. The zero-order valence-corrected chi connectivity index (χ0v) is 12.7. The number of carbonyl (C=O) groups is 1. The van der Waals surface area contributed by atoms with Crippen molar-refractivity contribution in [2.24, 2.45) is 5.41 Å². The van der Waals surface area contributed by atoms with Crippen molar-refractivity contribution in [3.8, 4) is 0 Å². The molecule has 0 radical (unpaired) electrons. The van der Waals surface area contributed by atoms with Gasteiger partial charge in [0.1, 0.15) is 0 Å². The van der Waals surface area contributed by atoms with Crippen LogP contribution in [0.2, 0.25) is 0 Å². The van der Waals surface area contributed by atoms with Gasteiger partial charge in [0.25, 0.3) is 0 Å². The molecule has 0 aromatic carbocycles. The molecule has 2 aliphatic heterocycles. The summed E-state index contributed by atoms with van der Waals surface area (Å²) < 4.78 is 0. The SMILES string of the molecule is CCN1CCC(N(C)C(=O)C2(C)CCCNC2)CC1. The summed E-state index contributed by atoms with van der Waals surface area (Å²) in [5, 5.41) is 3.37. The lowest BCUT2D eigenvalue weighted by Gasteiger charge is -2.41. The second-order valence-corrected chi connectivity index (χ2v) is 6.42. The Bertz CT molecular complexity index is 305. The first-order valence-corrected chi connectivity index (χ1v) is 7.77. The molecule has 0 aliphatic carbocycles. The van der Waals surface area contributed by atoms with E-state index in [1.807, 2.05) is 11.9 Å². The molecule has 0 bridgehead atoms. The third-order valence-electron chi connectivity index (χ3n) is 4.99. The number of hydrogen-bond donors (Lipinski definition) is 1. The normalized spacial score (nSPS) is 30.3. The fourth-order valence-electron chi connectivity index (χ4n) is 3.45. The van der Waals surface area contributed by atoms with Gasteiger partial charge < -0.3 is 15.1 Å². The molecule has 0 aromatic heterocycles. The van der Waals surface area contributed by atoms with E-state index in [-0.39, 0.29) is 5.41 Å². The van der Waals surface area contributed by atoms with E-state index in [0.29, 0.717) is 11.9 Å². The highest BCUT2D eigenvalue weighted by molar-refractivity contribution is 5.82. The number of nitrogens with one attached hydrogen (secondary N) is 1. The summed E-state index contributed by atoms with van der Waals surface area (Å²) >= 11 is 0. The highest BCUT2D eigenvalue weighted by Crippen LogP contribution is 2.29. The number of nitrogens with zero attached hydrogens (tertiary/aromatic N) is 2. The maximum Gasteiger partial charge on any atom is 0.229 e. The lowest BCUT2D eigenvalue weighted by atomic mass is 9.81. The van der Waals surface area contributed by atoms with E-state index in [2.05, 4.69) is 24.1 Å². The van der Waals surface area contributed by atoms with Crippen LogP contribution in [0.3, 0.4) is 0 Å². The predicted octanol–water partition coefficient (Wildman–Crippen LogP) is 1.32. The summed E-state index contributed by atoms with van der Waals surface area (Å²) in [4.78, 5) is 17.3. The van der Waals surface area contributed by atoms with Crippen LogP contribution in [0.1, 0.15) is 39.5 Å². The van der Waals surface area contributed by atoms with E-state index >= 15 is 0 Å². The van der Waals surface area contributed by atoms with Crippen molar-refractivity contribution in [1.29, 1.82) is 0 Å². The van der Waals surface area contributed by atoms with Crippen LogP contribution in [-0.4, -0.2) is 61.5 Å². The van der Waals surface area contributed by atoms with Crippen LogP contribution in [0.5, 0.6) is 0 Å². The molecule has 2 aliphatic rings. The van der Waals surface area contributed by atoms with Gasteiger partial charge in [0.05, 0.1) is 5.41 Å². The van der Waals surface area contributed by atoms with Crippen LogP contribution in [-0.2, 0) is 4.79 Å². The van der Waals surface area contributed by atoms with E-state index in [4.69, 9.17) is 0 Å². The molecule has 0 aromatic rings. The summed E-state index contributed by atoms with van der Waals surface area (Å²) in [6.07, 6.45) is 4.39. The van der Waals surface area contributed by atoms with E-state index in [9.17, 15) is 4.79 Å². The van der Waals surface area contributed by atoms with E-state index in [1.165, 1.54) is 0 Å². The third-order valence-corrected chi connectivity index (χ3v) is 4.99. The Kier molecular flexibility index (Phi) is 4.85. The van der Waals surface area contributed by atoms with Crippen LogP contribution >= 0.6 is 0 Å². The average Bonchev–Trinajstić information content (AvgIpc) is 2.46. The van der Waals surface area contributed by atoms with Crippen molar-refractivity contribution in [2.75, 3.05) is 39.8 Å². The standard InChI is InChI=1S/C15H29N3O/c1-4-18-10-6-13(7-11-18)17(3)14(19)15(2)8-5-9-16-12-15/h13,16H,4-12H2,1-3H3. The maximum absolute atomic E-state index is 12.7. The Labute approximate surface area is 117 Å². The molecular formula is C15H29N3O. The molecular weight excluding hydrogens is 238 g/mol. The molecule has 1 amide bonds. The van der Waals surface area contributed by atoms with Gasteiger partial charge in [-0.05, 0) is 45.7 Å². The third kappa shape index (κ3) is 3.29. The van der Waals surface area contributed by atoms with Gasteiger partial charge in [0, 0.05) is 32.7 Å². The summed E-state index contributed by atoms with van der Waals surface area (Å²) in [5.41, 5.74) is -0.186. The van der Waals surface area contributed by atoms with Gasteiger partial charge >= 0.3 is 0 Å². The first-order chi connectivity index (χ1) is 9.07. The molecule has 2 saturated heterocycles. The highest BCUT2D eigenvalue weighted by Gasteiger charge is 2.38. The van der Waals surface area contributed by atoms with Gasteiger partial charge in [0.15, 0.2) is 0 Å². The molecule has 2 rings (SSSR count). The van der Waals surface area contributed by atoms with Gasteiger partial charge in [-0.1, -0.05) is 6.92 Å². The van der Waals surface area contributed by atoms with Crippen molar-refractivity contribution in [2.45, 2.75) is 45.6 Å². The van der Waals surface area contributed by atoms with Crippen molar-refractivity contribution >= 4 is 5.91 Å². The Morgan fingerprint density at radius 1 is 1.42 bits per heavy atom. The molecule has 1 atom stereocenters. The molecule has 0 saturated carbocycles. The monoisotopic (exact) mass is 267 g/mol. The molecule has 4 heteroatoms. The lowest BCUT2D eigenvalue weighted by molar-refractivity contribution is -0.144. The number of hydrogen-bond acceptors (Lipinski definition) is 3. The van der Waals surface area contributed by atoms with Crippen molar-refractivity contribution in [3.63, 3.8) is 0 Å². The second-order valence-electron chi connectivity index (χ2n) is 6.42. The van der Waals surface area contributed by atoms with E-state index in [0.717, 1.165) is 58.4 Å². The number of amides is 1. The lowest BCUT2D eigenvalue weighted by Crippen LogP contribution is -2.53. The van der Waals surface area contributed by atoms with Crippen molar-refractivity contribution in [3.05, 3.63) is 0 Å². The zero-order chi connectivity index (χ0) is 13.9. The summed E-state index contributed by atoms with van der Waals surface area (Å²) in [7, 11) is 2.01. The molecule has 4 nitrogen and oxygen atoms in total. The van der Waals surface area contributed by atoms with Crippen LogP contribution in [0.4, 0.5) is 0 Å². The fourth-order valence-corrected chi connectivity index (χ4v) is 3.45. The molecule has 2 heterocycles. The number of piperidine rings is 2. The Balaban J connectivity index is 1.92. The Morgan fingerprint density at radius 3 is 2.63 bits per heavy atom. The minimum Gasteiger partial charge on any atom is -0.342 e. The van der Waals surface area contributed by atoms with Crippen LogP contribution in [0, 0.1) is 5.41 Å². The average molecular weight is 267 g/mol. The molecule has 1 unspecified atom stereocenters. The van der Waals surface area contributed by atoms with Crippen molar-refractivity contribution < 1.29 is 4.79 Å². The molecule has 1 N–H and O–H groups in total. The molecule has 19 heavy (non-hydrogen) atoms. The van der Waals surface area contributed by atoms with Gasteiger partial charge in [-0.3, -0.25) is 4.79 Å². The smallest absolute Gasteiger partial charge is 0.229 e. The number of carbonyl (C=O) groups excluding carboxylic acids is 1. The largest absolute Gasteiger partial charge is 0.342 e. The molecule has 0 spiro atoms. The first-order valence-electron chi connectivity index (χ1n) is 7.77. The Hall–Kier alpha value is -0.610. The molecule has 2 fully saturated rings. The summed E-state index contributed by atoms with van der Waals surface area (Å²) in [6.45, 7) is 9.63. The van der Waals surface area contributed by atoms with E-state index in [1.54, 1.807) is 0 Å². The fraction of sp³-hybridized carbons (Fsp3) is 0.933. The predicted molar refractivity (Wildman–Crippen MR) is 78.1 cm³/mol. The van der Waals surface area contributed by atoms with Crippen LogP contribution < -0.4 is 5.32 Å². The summed E-state index contributed by atoms with van der Waals surface area (Å²) in [5.74, 6) is 0.342. The maximum atomic E-state index is 12.7. The van der Waals surface area contributed by atoms with Gasteiger partial charge in [-0.2, -0.15) is 0 Å². The minimum atomic E-state index is -0.186. The highest BCUT2D eigenvalue weighted by atomic mass is 16.2. The van der Waals surface area contributed by atoms with Gasteiger partial charge in [0.2, 0.25) is 5.91 Å². The quantitative estimate of drug-likeness (QED) is 0.838. The van der Waals surface area contributed by atoms with Crippen molar-refractivity contribution in [1.82, 2.24) is 15.1 Å². The number of rotatable bonds is 3. The minimum absolute atomic E-state index is 0.186. The van der Waals surface area contributed by atoms with E-state index < -0.39 is 0 Å². The first kappa shape index (κ1) is 14.8. The van der Waals surface area contributed by atoms with Gasteiger partial charge in [-0.15, -0.1) is 0 Å².